The highest BCUT2D eigenvalue weighted by molar-refractivity contribution is 9.10. The van der Waals surface area contributed by atoms with Crippen LogP contribution in [0.1, 0.15) is 36.2 Å². The molecule has 5 heteroatoms. The number of hydrogen-bond acceptors (Lipinski definition) is 4. The van der Waals surface area contributed by atoms with Crippen LogP contribution in [0.3, 0.4) is 0 Å². The second-order valence-corrected chi connectivity index (χ2v) is 6.10. The predicted octanol–water partition coefficient (Wildman–Crippen LogP) is 4.11. The number of halogens is 1. The number of carbonyl (C=O) groups is 1. The second kappa shape index (κ2) is 6.02. The topological polar surface area (TPSA) is 48.4 Å². The Kier molecular flexibility index (Phi) is 4.10. The van der Waals surface area contributed by atoms with Gasteiger partial charge < -0.3 is 9.47 Å². The van der Waals surface area contributed by atoms with E-state index in [1.165, 1.54) is 20.0 Å². The summed E-state index contributed by atoms with van der Waals surface area (Å²) < 4.78 is 11.8. The van der Waals surface area contributed by atoms with Gasteiger partial charge in [-0.1, -0.05) is 15.9 Å². The van der Waals surface area contributed by atoms with Crippen LogP contribution in [0.2, 0.25) is 0 Å². The molecule has 0 amide bonds. The normalized spacial score (nSPS) is 15.3. The Morgan fingerprint density at radius 3 is 2.76 bits per heavy atom. The first-order chi connectivity index (χ1) is 10.2. The Labute approximate surface area is 131 Å². The van der Waals surface area contributed by atoms with E-state index in [2.05, 4.69) is 20.9 Å². The maximum absolute atomic E-state index is 11.8. The standard InChI is InChI=1S/C16H16BrNO3/c1-20-16(19)14-9-15(21-11-4-2-3-5-11)12-8-10(17)6-7-13(12)18-14/h6-9,11H,2-5H2,1H3. The van der Waals surface area contributed by atoms with Crippen molar-refractivity contribution in [3.8, 4) is 5.75 Å². The van der Waals surface area contributed by atoms with Crippen molar-refractivity contribution in [2.75, 3.05) is 7.11 Å². The fourth-order valence-electron chi connectivity index (χ4n) is 2.66. The van der Waals surface area contributed by atoms with E-state index in [1.54, 1.807) is 6.07 Å². The van der Waals surface area contributed by atoms with Crippen molar-refractivity contribution in [1.29, 1.82) is 0 Å². The lowest BCUT2D eigenvalue weighted by Gasteiger charge is -2.16. The van der Waals surface area contributed by atoms with E-state index < -0.39 is 5.97 Å². The summed E-state index contributed by atoms with van der Waals surface area (Å²) in [5.74, 6) is 0.254. The zero-order valence-corrected chi connectivity index (χ0v) is 13.4. The fraction of sp³-hybridized carbons (Fsp3) is 0.375. The number of hydrogen-bond donors (Lipinski definition) is 0. The molecule has 1 saturated carbocycles. The Balaban J connectivity index is 2.08. The van der Waals surface area contributed by atoms with Crippen LogP contribution in [0.4, 0.5) is 0 Å². The van der Waals surface area contributed by atoms with Crippen molar-refractivity contribution in [3.63, 3.8) is 0 Å². The summed E-state index contributed by atoms with van der Waals surface area (Å²) in [5.41, 5.74) is 1.01. The molecule has 1 aliphatic rings. The minimum atomic E-state index is -0.448. The average Bonchev–Trinajstić information content (AvgIpc) is 2.99. The third-order valence-corrected chi connectivity index (χ3v) is 4.22. The third kappa shape index (κ3) is 3.02. The summed E-state index contributed by atoms with van der Waals surface area (Å²) in [6.07, 6.45) is 4.74. The predicted molar refractivity (Wildman–Crippen MR) is 83.7 cm³/mol. The van der Waals surface area contributed by atoms with E-state index >= 15 is 0 Å². The molecular weight excluding hydrogens is 334 g/mol. The molecule has 21 heavy (non-hydrogen) atoms. The third-order valence-electron chi connectivity index (χ3n) is 3.72. The SMILES string of the molecule is COC(=O)c1cc(OC2CCCC2)c2cc(Br)ccc2n1. The quantitative estimate of drug-likeness (QED) is 0.782. The van der Waals surface area contributed by atoms with Gasteiger partial charge >= 0.3 is 5.97 Å². The molecule has 0 spiro atoms. The lowest BCUT2D eigenvalue weighted by atomic mass is 10.1. The van der Waals surface area contributed by atoms with E-state index in [0.29, 0.717) is 5.75 Å². The molecule has 1 fully saturated rings. The van der Waals surface area contributed by atoms with Gasteiger partial charge in [0, 0.05) is 15.9 Å². The summed E-state index contributed by atoms with van der Waals surface area (Å²) in [6.45, 7) is 0. The van der Waals surface area contributed by atoms with Crippen molar-refractivity contribution in [2.45, 2.75) is 31.8 Å². The van der Waals surface area contributed by atoms with Crippen LogP contribution >= 0.6 is 15.9 Å². The van der Waals surface area contributed by atoms with Crippen LogP contribution in [-0.2, 0) is 4.74 Å². The molecule has 0 atom stereocenters. The summed E-state index contributed by atoms with van der Waals surface area (Å²) in [4.78, 5) is 16.1. The lowest BCUT2D eigenvalue weighted by Crippen LogP contribution is -2.13. The number of methoxy groups -OCH3 is 1. The van der Waals surface area contributed by atoms with Crippen molar-refractivity contribution in [1.82, 2.24) is 4.98 Å². The molecule has 0 radical (unpaired) electrons. The fourth-order valence-corrected chi connectivity index (χ4v) is 3.02. The van der Waals surface area contributed by atoms with Crippen LogP contribution in [-0.4, -0.2) is 24.2 Å². The van der Waals surface area contributed by atoms with Crippen LogP contribution < -0.4 is 4.74 Å². The van der Waals surface area contributed by atoms with E-state index in [4.69, 9.17) is 9.47 Å². The minimum Gasteiger partial charge on any atom is -0.490 e. The molecule has 2 aromatic rings. The van der Waals surface area contributed by atoms with E-state index in [-0.39, 0.29) is 11.8 Å². The number of ether oxygens (including phenoxy) is 2. The Morgan fingerprint density at radius 1 is 1.29 bits per heavy atom. The van der Waals surface area contributed by atoms with Crippen LogP contribution in [0.25, 0.3) is 10.9 Å². The molecule has 0 saturated heterocycles. The van der Waals surface area contributed by atoms with Gasteiger partial charge in [0.05, 0.1) is 18.7 Å². The van der Waals surface area contributed by atoms with Crippen LogP contribution in [0.5, 0.6) is 5.75 Å². The van der Waals surface area contributed by atoms with Gasteiger partial charge in [0.1, 0.15) is 5.75 Å². The van der Waals surface area contributed by atoms with Gasteiger partial charge in [0.25, 0.3) is 0 Å². The van der Waals surface area contributed by atoms with E-state index in [0.717, 1.165) is 28.2 Å². The average molecular weight is 350 g/mol. The van der Waals surface area contributed by atoms with Gasteiger partial charge in [-0.25, -0.2) is 9.78 Å². The Bertz CT molecular complexity index is 681. The second-order valence-electron chi connectivity index (χ2n) is 5.18. The highest BCUT2D eigenvalue weighted by Crippen LogP contribution is 2.32. The van der Waals surface area contributed by atoms with Gasteiger partial charge in [0.15, 0.2) is 5.69 Å². The summed E-state index contributed by atoms with van der Waals surface area (Å²) in [7, 11) is 1.35. The highest BCUT2D eigenvalue weighted by atomic mass is 79.9. The zero-order chi connectivity index (χ0) is 14.8. The first kappa shape index (κ1) is 14.3. The van der Waals surface area contributed by atoms with Crippen molar-refractivity contribution < 1.29 is 14.3 Å². The number of esters is 1. The molecule has 1 aromatic heterocycles. The van der Waals surface area contributed by atoms with Gasteiger partial charge in [-0.15, -0.1) is 0 Å². The van der Waals surface area contributed by atoms with Crippen LogP contribution in [0.15, 0.2) is 28.7 Å². The van der Waals surface area contributed by atoms with Crippen LogP contribution in [0, 0.1) is 0 Å². The summed E-state index contributed by atoms with van der Waals surface area (Å²) >= 11 is 3.47. The van der Waals surface area contributed by atoms with Crippen molar-refractivity contribution in [3.05, 3.63) is 34.4 Å². The molecule has 110 valence electrons. The maximum atomic E-state index is 11.8. The van der Waals surface area contributed by atoms with Gasteiger partial charge in [-0.05, 0) is 43.9 Å². The molecule has 1 aromatic carbocycles. The molecule has 4 nitrogen and oxygen atoms in total. The Hall–Kier alpha value is -1.62. The minimum absolute atomic E-state index is 0.222. The molecular formula is C16H16BrNO3. The van der Waals surface area contributed by atoms with E-state index in [9.17, 15) is 4.79 Å². The highest BCUT2D eigenvalue weighted by Gasteiger charge is 2.20. The van der Waals surface area contributed by atoms with Crippen molar-refractivity contribution in [2.24, 2.45) is 0 Å². The van der Waals surface area contributed by atoms with Gasteiger partial charge in [-0.3, -0.25) is 0 Å². The molecule has 1 aliphatic carbocycles. The van der Waals surface area contributed by atoms with E-state index in [1.807, 2.05) is 18.2 Å². The Morgan fingerprint density at radius 2 is 2.05 bits per heavy atom. The first-order valence-corrected chi connectivity index (χ1v) is 7.82. The molecule has 0 bridgehead atoms. The molecule has 0 unspecified atom stereocenters. The number of benzene rings is 1. The molecule has 1 heterocycles. The number of pyridine rings is 1. The largest absolute Gasteiger partial charge is 0.490 e. The lowest BCUT2D eigenvalue weighted by molar-refractivity contribution is 0.0593. The zero-order valence-electron chi connectivity index (χ0n) is 11.8. The monoisotopic (exact) mass is 349 g/mol. The molecule has 0 N–H and O–H groups in total. The number of aromatic nitrogens is 1. The summed E-state index contributed by atoms with van der Waals surface area (Å²) in [6, 6.07) is 7.41. The number of carbonyl (C=O) groups excluding carboxylic acids is 1. The number of fused-ring (bicyclic) bond motifs is 1. The van der Waals surface area contributed by atoms with Crippen molar-refractivity contribution >= 4 is 32.8 Å². The van der Waals surface area contributed by atoms with Gasteiger partial charge in [0.2, 0.25) is 0 Å². The van der Waals surface area contributed by atoms with Gasteiger partial charge in [-0.2, -0.15) is 0 Å². The maximum Gasteiger partial charge on any atom is 0.356 e. The number of rotatable bonds is 3. The number of nitrogens with zero attached hydrogens (tertiary/aromatic N) is 1. The smallest absolute Gasteiger partial charge is 0.356 e. The molecule has 3 rings (SSSR count). The molecule has 0 aliphatic heterocycles. The first-order valence-electron chi connectivity index (χ1n) is 7.02. The summed E-state index contributed by atoms with van der Waals surface area (Å²) in [5, 5.41) is 0.906.